The van der Waals surface area contributed by atoms with E-state index in [2.05, 4.69) is 5.32 Å². The summed E-state index contributed by atoms with van der Waals surface area (Å²) in [6, 6.07) is 24.4. The van der Waals surface area contributed by atoms with Crippen molar-refractivity contribution in [3.05, 3.63) is 95.0 Å². The molecule has 5 nitrogen and oxygen atoms in total. The minimum atomic E-state index is -0.643. The lowest BCUT2D eigenvalue weighted by molar-refractivity contribution is -0.141. The van der Waals surface area contributed by atoms with Crippen LogP contribution in [0.25, 0.3) is 0 Å². The van der Waals surface area contributed by atoms with Crippen molar-refractivity contribution in [2.75, 3.05) is 12.9 Å². The largest absolute Gasteiger partial charge is 0.497 e. The third-order valence-electron chi connectivity index (χ3n) is 6.16. The fraction of sp³-hybridized carbons (Fsp3) is 0.333. The molecule has 0 unspecified atom stereocenters. The van der Waals surface area contributed by atoms with Crippen LogP contribution in [0.1, 0.15) is 37.8 Å². The fourth-order valence-electron chi connectivity index (χ4n) is 3.89. The number of thioether (sulfide) groups is 1. The number of amides is 2. The first-order chi connectivity index (χ1) is 17.9. The zero-order chi connectivity index (χ0) is 26.6. The number of carbonyl (C=O) groups is 2. The van der Waals surface area contributed by atoms with Crippen LogP contribution in [0, 0.1) is 0 Å². The molecule has 7 heteroatoms. The van der Waals surface area contributed by atoms with E-state index >= 15 is 0 Å². The molecule has 0 aromatic heterocycles. The molecule has 0 spiro atoms. The van der Waals surface area contributed by atoms with E-state index in [0.717, 1.165) is 22.4 Å². The fourth-order valence-corrected chi connectivity index (χ4v) is 4.86. The quantitative estimate of drug-likeness (QED) is 0.256. The van der Waals surface area contributed by atoms with Crippen molar-refractivity contribution >= 4 is 35.2 Å². The number of ether oxygens (including phenoxy) is 1. The lowest BCUT2D eigenvalue weighted by Crippen LogP contribution is -2.52. The highest BCUT2D eigenvalue weighted by molar-refractivity contribution is 7.99. The van der Waals surface area contributed by atoms with Crippen molar-refractivity contribution in [3.8, 4) is 5.75 Å². The van der Waals surface area contributed by atoms with Gasteiger partial charge in [0.15, 0.2) is 0 Å². The second-order valence-electron chi connectivity index (χ2n) is 8.95. The topological polar surface area (TPSA) is 58.6 Å². The van der Waals surface area contributed by atoms with E-state index < -0.39 is 6.04 Å². The number of hydrogen-bond donors (Lipinski definition) is 1. The summed E-state index contributed by atoms with van der Waals surface area (Å²) in [5.41, 5.74) is 1.92. The number of nitrogens with one attached hydrogen (secondary N) is 1. The molecule has 2 amide bonds. The number of halogens is 1. The molecule has 0 aliphatic heterocycles. The molecule has 3 aromatic rings. The molecule has 1 N–H and O–H groups in total. The molecule has 0 fully saturated rings. The van der Waals surface area contributed by atoms with Crippen LogP contribution in [-0.4, -0.2) is 41.7 Å². The molecule has 0 saturated heterocycles. The number of nitrogens with zero attached hydrogens (tertiary/aromatic N) is 1. The summed E-state index contributed by atoms with van der Waals surface area (Å²) in [4.78, 5) is 30.0. The van der Waals surface area contributed by atoms with Gasteiger partial charge in [-0.05, 0) is 60.9 Å². The Morgan fingerprint density at radius 2 is 1.70 bits per heavy atom. The molecule has 2 atom stereocenters. The first-order valence-electron chi connectivity index (χ1n) is 12.5. The molecule has 37 heavy (non-hydrogen) atoms. The second-order valence-corrected chi connectivity index (χ2v) is 10.6. The summed E-state index contributed by atoms with van der Waals surface area (Å²) in [5.74, 6) is 1.11. The van der Waals surface area contributed by atoms with Gasteiger partial charge in [0.2, 0.25) is 11.8 Å². The van der Waals surface area contributed by atoms with E-state index in [1.807, 2.05) is 92.7 Å². The summed E-state index contributed by atoms with van der Waals surface area (Å²) in [6.07, 6.45) is 1.55. The Balaban J connectivity index is 1.86. The van der Waals surface area contributed by atoms with E-state index in [0.29, 0.717) is 35.9 Å². The number of benzene rings is 3. The van der Waals surface area contributed by atoms with E-state index in [-0.39, 0.29) is 17.9 Å². The third-order valence-corrected chi connectivity index (χ3v) is 7.42. The van der Waals surface area contributed by atoms with Gasteiger partial charge in [-0.25, -0.2) is 0 Å². The molecule has 196 valence electrons. The smallest absolute Gasteiger partial charge is 0.243 e. The summed E-state index contributed by atoms with van der Waals surface area (Å²) in [5, 5.41) is 3.79. The molecule has 0 aliphatic rings. The molecule has 0 bridgehead atoms. The van der Waals surface area contributed by atoms with Gasteiger partial charge >= 0.3 is 0 Å². The molecule has 0 radical (unpaired) electrons. The standard InChI is InChI=1S/C30H35ClN2O3S/c1-4-22(2)32-30(35)28(20-23-9-6-5-7-10-23)33(21-24-11-8-12-26(19-24)36-3)29(34)17-18-37-27-15-13-25(31)14-16-27/h5-16,19,22,28H,4,17-18,20-21H2,1-3H3,(H,32,35)/t22-,28+/m1/s1. The van der Waals surface area contributed by atoms with Crippen molar-refractivity contribution in [1.29, 1.82) is 0 Å². The summed E-state index contributed by atoms with van der Waals surface area (Å²) < 4.78 is 5.39. The molecular formula is C30H35ClN2O3S. The predicted octanol–water partition coefficient (Wildman–Crippen LogP) is 6.39. The number of methoxy groups -OCH3 is 1. The number of rotatable bonds is 13. The van der Waals surface area contributed by atoms with Gasteiger partial charge in [-0.2, -0.15) is 0 Å². The minimum absolute atomic E-state index is 0.0139. The van der Waals surface area contributed by atoms with Gasteiger partial charge in [0.1, 0.15) is 11.8 Å². The predicted molar refractivity (Wildman–Crippen MR) is 152 cm³/mol. The van der Waals surface area contributed by atoms with Crippen LogP contribution in [0.4, 0.5) is 0 Å². The lowest BCUT2D eigenvalue weighted by atomic mass is 10.0. The second kappa shape index (κ2) is 14.7. The first-order valence-corrected chi connectivity index (χ1v) is 13.9. The Morgan fingerprint density at radius 1 is 1.00 bits per heavy atom. The van der Waals surface area contributed by atoms with Crippen LogP contribution < -0.4 is 10.1 Å². The van der Waals surface area contributed by atoms with E-state index in [1.54, 1.807) is 23.8 Å². The molecule has 3 aromatic carbocycles. The Morgan fingerprint density at radius 3 is 2.38 bits per heavy atom. The first kappa shape index (κ1) is 28.6. The van der Waals surface area contributed by atoms with Crippen LogP contribution in [0.3, 0.4) is 0 Å². The zero-order valence-electron chi connectivity index (χ0n) is 21.7. The Bertz CT molecular complexity index is 1140. The van der Waals surface area contributed by atoms with Gasteiger partial charge in [-0.3, -0.25) is 9.59 Å². The van der Waals surface area contributed by atoms with Crippen molar-refractivity contribution in [1.82, 2.24) is 10.2 Å². The maximum absolute atomic E-state index is 13.7. The van der Waals surface area contributed by atoms with Crippen LogP contribution >= 0.6 is 23.4 Å². The molecule has 3 rings (SSSR count). The van der Waals surface area contributed by atoms with Gasteiger partial charge in [0.05, 0.1) is 7.11 Å². The van der Waals surface area contributed by atoms with Gasteiger partial charge in [0.25, 0.3) is 0 Å². The highest BCUT2D eigenvalue weighted by Gasteiger charge is 2.30. The van der Waals surface area contributed by atoms with Crippen LogP contribution in [0.2, 0.25) is 5.02 Å². The Hall–Kier alpha value is -2.96. The minimum Gasteiger partial charge on any atom is -0.497 e. The number of hydrogen-bond acceptors (Lipinski definition) is 4. The maximum Gasteiger partial charge on any atom is 0.243 e. The van der Waals surface area contributed by atoms with Crippen molar-refractivity contribution in [2.45, 2.75) is 56.6 Å². The zero-order valence-corrected chi connectivity index (χ0v) is 23.2. The monoisotopic (exact) mass is 538 g/mol. The SMILES string of the molecule is CC[C@@H](C)NC(=O)[C@H](Cc1ccccc1)N(Cc1cccc(OC)c1)C(=O)CCSc1ccc(Cl)cc1. The Labute approximate surface area is 229 Å². The molecule has 0 aliphatic carbocycles. The normalized spacial score (nSPS) is 12.4. The molecule has 0 heterocycles. The average Bonchev–Trinajstić information content (AvgIpc) is 2.92. The Kier molecular flexibility index (Phi) is 11.4. The van der Waals surface area contributed by atoms with E-state index in [1.165, 1.54) is 0 Å². The van der Waals surface area contributed by atoms with Crippen LogP contribution in [0.15, 0.2) is 83.8 Å². The van der Waals surface area contributed by atoms with Crippen LogP contribution in [-0.2, 0) is 22.6 Å². The summed E-state index contributed by atoms with van der Waals surface area (Å²) in [7, 11) is 1.62. The molecular weight excluding hydrogens is 504 g/mol. The molecule has 0 saturated carbocycles. The van der Waals surface area contributed by atoms with Crippen molar-refractivity contribution in [3.63, 3.8) is 0 Å². The highest BCUT2D eigenvalue weighted by Crippen LogP contribution is 2.23. The van der Waals surface area contributed by atoms with Gasteiger partial charge in [0, 0.05) is 41.1 Å². The summed E-state index contributed by atoms with van der Waals surface area (Å²) >= 11 is 7.60. The van der Waals surface area contributed by atoms with Crippen molar-refractivity contribution in [2.24, 2.45) is 0 Å². The van der Waals surface area contributed by atoms with Crippen LogP contribution in [0.5, 0.6) is 5.75 Å². The van der Waals surface area contributed by atoms with E-state index in [4.69, 9.17) is 16.3 Å². The van der Waals surface area contributed by atoms with E-state index in [9.17, 15) is 9.59 Å². The van der Waals surface area contributed by atoms with Gasteiger partial charge in [-0.1, -0.05) is 61.0 Å². The third kappa shape index (κ3) is 9.13. The maximum atomic E-state index is 13.7. The summed E-state index contributed by atoms with van der Waals surface area (Å²) in [6.45, 7) is 4.33. The van der Waals surface area contributed by atoms with Crippen molar-refractivity contribution < 1.29 is 14.3 Å². The average molecular weight is 539 g/mol. The van der Waals surface area contributed by atoms with Gasteiger partial charge in [-0.15, -0.1) is 11.8 Å². The lowest BCUT2D eigenvalue weighted by Gasteiger charge is -2.32. The highest BCUT2D eigenvalue weighted by atomic mass is 35.5. The van der Waals surface area contributed by atoms with Gasteiger partial charge < -0.3 is 15.0 Å². The number of carbonyl (C=O) groups excluding carboxylic acids is 2.